The maximum absolute atomic E-state index is 11.1. The smallest absolute Gasteiger partial charge is 0.124 e. The average molecular weight is 341 g/mol. The Kier molecular flexibility index (Phi) is 5.42. The lowest BCUT2D eigenvalue weighted by molar-refractivity contribution is -0.0358. The molecule has 0 spiro atoms. The molecule has 0 amide bonds. The van der Waals surface area contributed by atoms with Crippen molar-refractivity contribution in [1.82, 2.24) is 4.90 Å². The number of benzene rings is 2. The van der Waals surface area contributed by atoms with Gasteiger partial charge in [-0.05, 0) is 31.4 Å². The first-order chi connectivity index (χ1) is 12.0. The molecule has 1 aliphatic rings. The zero-order valence-electron chi connectivity index (χ0n) is 15.0. The van der Waals surface area contributed by atoms with E-state index in [1.54, 1.807) is 7.11 Å². The van der Waals surface area contributed by atoms with E-state index in [1.165, 1.54) is 5.56 Å². The summed E-state index contributed by atoms with van der Waals surface area (Å²) in [5.41, 5.74) is 2.13. The fraction of sp³-hybridized carbons (Fsp3) is 0.429. The Morgan fingerprint density at radius 2 is 1.72 bits per heavy atom. The van der Waals surface area contributed by atoms with E-state index in [0.717, 1.165) is 30.0 Å². The highest BCUT2D eigenvalue weighted by Crippen LogP contribution is 2.38. The lowest BCUT2D eigenvalue weighted by Crippen LogP contribution is -2.44. The number of rotatable bonds is 5. The minimum Gasteiger partial charge on any atom is -0.496 e. The van der Waals surface area contributed by atoms with Gasteiger partial charge < -0.3 is 19.8 Å². The third-order valence-corrected chi connectivity index (χ3v) is 5.18. The highest BCUT2D eigenvalue weighted by Gasteiger charge is 2.36. The third-order valence-electron chi connectivity index (χ3n) is 5.18. The van der Waals surface area contributed by atoms with Crippen LogP contribution in [-0.2, 0) is 5.60 Å². The van der Waals surface area contributed by atoms with Crippen molar-refractivity contribution in [3.05, 3.63) is 65.2 Å². The summed E-state index contributed by atoms with van der Waals surface area (Å²) in [6, 6.07) is 15.7. The van der Waals surface area contributed by atoms with Gasteiger partial charge >= 0.3 is 0 Å². The molecule has 1 heterocycles. The van der Waals surface area contributed by atoms with Gasteiger partial charge in [0.25, 0.3) is 0 Å². The molecule has 1 saturated heterocycles. The molecule has 0 bridgehead atoms. The number of piperidine rings is 1. The van der Waals surface area contributed by atoms with Crippen LogP contribution in [0, 0.1) is 6.92 Å². The van der Waals surface area contributed by atoms with E-state index in [0.29, 0.717) is 19.4 Å². The molecule has 2 N–H and O–H groups in total. The van der Waals surface area contributed by atoms with Crippen molar-refractivity contribution in [2.24, 2.45) is 0 Å². The molecule has 4 heteroatoms. The van der Waals surface area contributed by atoms with E-state index in [-0.39, 0.29) is 0 Å². The van der Waals surface area contributed by atoms with Gasteiger partial charge in [-0.3, -0.25) is 0 Å². The molecule has 2 aromatic carbocycles. The maximum Gasteiger partial charge on any atom is 0.124 e. The van der Waals surface area contributed by atoms with Gasteiger partial charge in [0.2, 0.25) is 0 Å². The van der Waals surface area contributed by atoms with Crippen LogP contribution in [-0.4, -0.2) is 41.9 Å². The number of hydrogen-bond acceptors (Lipinski definition) is 4. The Bertz CT molecular complexity index is 691. The summed E-state index contributed by atoms with van der Waals surface area (Å²) in [6.45, 7) is 4.12. The van der Waals surface area contributed by atoms with Crippen molar-refractivity contribution in [3.63, 3.8) is 0 Å². The van der Waals surface area contributed by atoms with Crippen LogP contribution in [0.2, 0.25) is 0 Å². The standard InChI is InChI=1S/C21H27NO3/c1-16-7-9-17(10-8-16)19(23)15-22-13-11-21(24,12-14-22)18-5-3-4-6-20(18)25-2/h3-10,19,23-24H,11-15H2,1-2H3/t19-/m1/s1. The summed E-state index contributed by atoms with van der Waals surface area (Å²) in [7, 11) is 1.63. The Hall–Kier alpha value is -1.88. The maximum atomic E-state index is 11.1. The summed E-state index contributed by atoms with van der Waals surface area (Å²) < 4.78 is 5.41. The Morgan fingerprint density at radius 1 is 1.08 bits per heavy atom. The number of aryl methyl sites for hydroxylation is 1. The van der Waals surface area contributed by atoms with E-state index >= 15 is 0 Å². The van der Waals surface area contributed by atoms with E-state index in [4.69, 9.17) is 4.74 Å². The summed E-state index contributed by atoms with van der Waals surface area (Å²) in [4.78, 5) is 2.22. The molecule has 25 heavy (non-hydrogen) atoms. The molecular formula is C21H27NO3. The first-order valence-corrected chi connectivity index (χ1v) is 8.85. The van der Waals surface area contributed by atoms with Gasteiger partial charge in [0.05, 0.1) is 18.8 Å². The predicted molar refractivity (Wildman–Crippen MR) is 98.7 cm³/mol. The van der Waals surface area contributed by atoms with Crippen molar-refractivity contribution in [2.45, 2.75) is 31.5 Å². The SMILES string of the molecule is COc1ccccc1C1(O)CCN(C[C@@H](O)c2ccc(C)cc2)CC1. The second-order valence-electron chi connectivity index (χ2n) is 6.96. The van der Waals surface area contributed by atoms with Gasteiger partial charge in [0.1, 0.15) is 5.75 Å². The average Bonchev–Trinajstić information content (AvgIpc) is 2.64. The fourth-order valence-corrected chi connectivity index (χ4v) is 3.54. The highest BCUT2D eigenvalue weighted by atomic mass is 16.5. The predicted octanol–water partition coefficient (Wildman–Crippen LogP) is 3.02. The summed E-state index contributed by atoms with van der Waals surface area (Å²) in [6.07, 6.45) is 0.764. The lowest BCUT2D eigenvalue weighted by atomic mass is 9.83. The molecule has 1 aliphatic heterocycles. The molecule has 0 radical (unpaired) electrons. The molecule has 0 aliphatic carbocycles. The van der Waals surface area contributed by atoms with Crippen LogP contribution in [0.25, 0.3) is 0 Å². The van der Waals surface area contributed by atoms with Crippen LogP contribution in [0.1, 0.15) is 35.6 Å². The molecular weight excluding hydrogens is 314 g/mol. The van der Waals surface area contributed by atoms with E-state index in [1.807, 2.05) is 55.5 Å². The molecule has 134 valence electrons. The van der Waals surface area contributed by atoms with E-state index in [9.17, 15) is 10.2 Å². The zero-order chi connectivity index (χ0) is 17.9. The molecule has 1 fully saturated rings. The third kappa shape index (κ3) is 4.03. The van der Waals surface area contributed by atoms with Crippen LogP contribution >= 0.6 is 0 Å². The number of aliphatic hydroxyl groups excluding tert-OH is 1. The monoisotopic (exact) mass is 341 g/mol. The van der Waals surface area contributed by atoms with E-state index in [2.05, 4.69) is 4.90 Å². The summed E-state index contributed by atoms with van der Waals surface area (Å²) in [5, 5.41) is 21.6. The van der Waals surface area contributed by atoms with Crippen molar-refractivity contribution >= 4 is 0 Å². The number of aliphatic hydroxyl groups is 2. The normalized spacial score (nSPS) is 18.7. The van der Waals surface area contributed by atoms with Crippen molar-refractivity contribution in [2.75, 3.05) is 26.7 Å². The zero-order valence-corrected chi connectivity index (χ0v) is 15.0. The number of ether oxygens (including phenoxy) is 1. The van der Waals surface area contributed by atoms with Gasteiger partial charge in [-0.15, -0.1) is 0 Å². The van der Waals surface area contributed by atoms with Gasteiger partial charge in [-0.1, -0.05) is 48.0 Å². The van der Waals surface area contributed by atoms with Gasteiger partial charge in [0.15, 0.2) is 0 Å². The molecule has 1 atom stereocenters. The van der Waals surface area contributed by atoms with Gasteiger partial charge in [-0.25, -0.2) is 0 Å². The number of para-hydroxylation sites is 1. The lowest BCUT2D eigenvalue weighted by Gasteiger charge is -2.39. The summed E-state index contributed by atoms with van der Waals surface area (Å²) >= 11 is 0. The number of likely N-dealkylation sites (tertiary alicyclic amines) is 1. The first-order valence-electron chi connectivity index (χ1n) is 8.85. The first kappa shape index (κ1) is 17.9. The molecule has 0 aromatic heterocycles. The number of hydrogen-bond donors (Lipinski definition) is 2. The Labute approximate surface area is 149 Å². The second-order valence-corrected chi connectivity index (χ2v) is 6.96. The van der Waals surface area contributed by atoms with Crippen molar-refractivity contribution < 1.29 is 14.9 Å². The Balaban J connectivity index is 1.62. The molecule has 0 saturated carbocycles. The van der Waals surface area contributed by atoms with Crippen LogP contribution in [0.5, 0.6) is 5.75 Å². The minimum absolute atomic E-state index is 0.502. The van der Waals surface area contributed by atoms with E-state index < -0.39 is 11.7 Å². The second kappa shape index (κ2) is 7.56. The largest absolute Gasteiger partial charge is 0.496 e. The van der Waals surface area contributed by atoms with Gasteiger partial charge in [0, 0.05) is 25.2 Å². The van der Waals surface area contributed by atoms with Crippen LogP contribution < -0.4 is 4.74 Å². The number of methoxy groups -OCH3 is 1. The van der Waals surface area contributed by atoms with Crippen LogP contribution in [0.15, 0.2) is 48.5 Å². The molecule has 2 aromatic rings. The molecule has 4 nitrogen and oxygen atoms in total. The minimum atomic E-state index is -0.863. The number of β-amino-alcohol motifs (C(OH)–C–C–N with tert-alkyl or cyclic N) is 1. The molecule has 0 unspecified atom stereocenters. The Morgan fingerprint density at radius 3 is 2.36 bits per heavy atom. The number of nitrogens with zero attached hydrogens (tertiary/aromatic N) is 1. The van der Waals surface area contributed by atoms with Gasteiger partial charge in [-0.2, -0.15) is 0 Å². The van der Waals surface area contributed by atoms with Crippen molar-refractivity contribution in [1.29, 1.82) is 0 Å². The van der Waals surface area contributed by atoms with Crippen molar-refractivity contribution in [3.8, 4) is 5.75 Å². The highest BCUT2D eigenvalue weighted by molar-refractivity contribution is 5.38. The van der Waals surface area contributed by atoms with Crippen LogP contribution in [0.3, 0.4) is 0 Å². The topological polar surface area (TPSA) is 52.9 Å². The quantitative estimate of drug-likeness (QED) is 0.878. The fourth-order valence-electron chi connectivity index (χ4n) is 3.54. The van der Waals surface area contributed by atoms with Crippen LogP contribution in [0.4, 0.5) is 0 Å². The molecule has 3 rings (SSSR count). The summed E-state index contributed by atoms with van der Waals surface area (Å²) in [5.74, 6) is 0.734.